The van der Waals surface area contributed by atoms with Gasteiger partial charge < -0.3 is 4.57 Å². The zero-order chi connectivity index (χ0) is 46.6. The van der Waals surface area contributed by atoms with E-state index >= 15 is 0 Å². The Morgan fingerprint density at radius 1 is 0.310 bits per heavy atom. The second-order valence-electron chi connectivity index (χ2n) is 18.3. The molecule has 5 heterocycles. The number of benzene rings is 10. The molecule has 71 heavy (non-hydrogen) atoms. The number of hydrogen-bond donors (Lipinski definition) is 0. The number of fused-ring (bicyclic) bond motifs is 11. The summed E-state index contributed by atoms with van der Waals surface area (Å²) in [7, 11) is -2.81. The lowest BCUT2D eigenvalue weighted by molar-refractivity contribution is 0.893. The number of hydrogen-bond acceptors (Lipinski definition) is 4. The first-order chi connectivity index (χ1) is 35.2. The Morgan fingerprint density at radius 2 is 0.718 bits per heavy atom. The van der Waals surface area contributed by atoms with Gasteiger partial charge in [0.25, 0.3) is 0 Å². The number of aromatic nitrogens is 6. The van der Waals surface area contributed by atoms with Gasteiger partial charge in [-0.3, -0.25) is 9.13 Å². The predicted octanol–water partition coefficient (Wildman–Crippen LogP) is 12.7. The molecule has 0 bridgehead atoms. The van der Waals surface area contributed by atoms with E-state index in [0.717, 1.165) is 60.4 Å². The Labute approximate surface area is 413 Å². The molecule has 8 heteroatoms. The lowest BCUT2D eigenvalue weighted by atomic mass is 10.1. The van der Waals surface area contributed by atoms with Gasteiger partial charge in [0, 0.05) is 53.4 Å². The molecular formula is C63H40N6SSi. The van der Waals surface area contributed by atoms with Crippen molar-refractivity contribution < 1.29 is 0 Å². The molecule has 10 aromatic carbocycles. The third-order valence-electron chi connectivity index (χ3n) is 14.7. The average molecular weight is 941 g/mol. The second-order valence-corrected chi connectivity index (χ2v) is 23.2. The first-order valence-electron chi connectivity index (χ1n) is 24.0. The summed E-state index contributed by atoms with van der Waals surface area (Å²) in [6.45, 7) is 0. The number of para-hydroxylation sites is 5. The molecule has 332 valence electrons. The minimum absolute atomic E-state index is 0.559. The van der Waals surface area contributed by atoms with Crippen LogP contribution in [0, 0.1) is 0 Å². The van der Waals surface area contributed by atoms with E-state index in [4.69, 9.17) is 15.0 Å². The SMILES string of the molecule is c1ccc([Si]2(c3ccc4c5ccccc5n(-c5ccc(-c6nc(-n7c8ccccc8c8ccccc87)nc(-n7c8ccccc8c8ccccc87)n6)cc5)c4c3)c3ccccc3Sc3ccccc32)cc1. The number of nitrogens with zero attached hydrogens (tertiary/aromatic N) is 6. The highest BCUT2D eigenvalue weighted by Crippen LogP contribution is 2.38. The summed E-state index contributed by atoms with van der Waals surface area (Å²) in [5.41, 5.74) is 8.44. The van der Waals surface area contributed by atoms with Gasteiger partial charge in [-0.15, -0.1) is 0 Å². The van der Waals surface area contributed by atoms with E-state index in [0.29, 0.717) is 17.7 Å². The lowest BCUT2D eigenvalue weighted by Crippen LogP contribution is -2.76. The first kappa shape index (κ1) is 40.1. The topological polar surface area (TPSA) is 53.5 Å². The van der Waals surface area contributed by atoms with E-state index in [1.807, 2.05) is 11.8 Å². The molecule has 14 aromatic rings. The third-order valence-corrected chi connectivity index (χ3v) is 21.0. The summed E-state index contributed by atoms with van der Waals surface area (Å²) < 4.78 is 6.82. The molecule has 0 N–H and O–H groups in total. The summed E-state index contributed by atoms with van der Waals surface area (Å²) in [4.78, 5) is 18.8. The van der Waals surface area contributed by atoms with Gasteiger partial charge >= 0.3 is 0 Å². The van der Waals surface area contributed by atoms with Gasteiger partial charge in [-0.1, -0.05) is 182 Å². The minimum atomic E-state index is -2.81. The standard InChI is InChI=1S/C63H40N6SSi/c1-2-18-43(19-3-1)71(59-32-16-14-30-57(59)70-58-31-15-17-33-60(58)71)44-38-39-50-49-24-4-9-25-51(49)67(56(50)40-44)42-36-34-41(35-37-42)61-64-62(68-52-26-10-5-20-45(52)46-21-6-11-27-53(46)68)66-63(65-61)69-54-28-12-7-22-47(54)48-23-8-13-29-55(48)69/h1-40H. The molecule has 0 fully saturated rings. The fraction of sp³-hybridized carbons (Fsp3) is 0. The molecule has 1 aliphatic heterocycles. The molecule has 6 nitrogen and oxygen atoms in total. The molecular weight excluding hydrogens is 901 g/mol. The molecule has 1 aliphatic rings. The van der Waals surface area contributed by atoms with Gasteiger partial charge in [0.15, 0.2) is 13.9 Å². The van der Waals surface area contributed by atoms with Crippen LogP contribution < -0.4 is 20.7 Å². The van der Waals surface area contributed by atoms with E-state index in [1.165, 1.54) is 46.8 Å². The highest BCUT2D eigenvalue weighted by Gasteiger charge is 2.47. The summed E-state index contributed by atoms with van der Waals surface area (Å²) in [6.07, 6.45) is 0. The molecule has 0 spiro atoms. The molecule has 15 rings (SSSR count). The van der Waals surface area contributed by atoms with Gasteiger partial charge in [-0.05, 0) is 93.5 Å². The van der Waals surface area contributed by atoms with Crippen molar-refractivity contribution >= 4 is 106 Å². The zero-order valence-electron chi connectivity index (χ0n) is 38.2. The molecule has 0 saturated carbocycles. The molecule has 0 amide bonds. The van der Waals surface area contributed by atoms with Crippen LogP contribution in [0.25, 0.3) is 94.4 Å². The van der Waals surface area contributed by atoms with Gasteiger partial charge in [-0.2, -0.15) is 15.0 Å². The maximum atomic E-state index is 5.37. The van der Waals surface area contributed by atoms with Crippen LogP contribution in [-0.4, -0.2) is 36.7 Å². The van der Waals surface area contributed by atoms with E-state index in [-0.39, 0.29) is 0 Å². The highest BCUT2D eigenvalue weighted by atomic mass is 32.2. The van der Waals surface area contributed by atoms with Crippen LogP contribution in [0.4, 0.5) is 0 Å². The van der Waals surface area contributed by atoms with E-state index in [9.17, 15) is 0 Å². The smallest absolute Gasteiger partial charge is 0.240 e. The quantitative estimate of drug-likeness (QED) is 0.156. The fourth-order valence-electron chi connectivity index (χ4n) is 11.7. The van der Waals surface area contributed by atoms with Crippen LogP contribution >= 0.6 is 11.8 Å². The Balaban J connectivity index is 0.947. The summed E-state index contributed by atoms with van der Waals surface area (Å²) in [5.74, 6) is 1.71. The van der Waals surface area contributed by atoms with Gasteiger partial charge in [0.05, 0.1) is 33.1 Å². The monoisotopic (exact) mass is 940 g/mol. The third kappa shape index (κ3) is 5.86. The van der Waals surface area contributed by atoms with Crippen molar-refractivity contribution in [1.82, 2.24) is 28.7 Å². The minimum Gasteiger partial charge on any atom is -0.309 e. The lowest BCUT2D eigenvalue weighted by Gasteiger charge is -2.39. The maximum Gasteiger partial charge on any atom is 0.240 e. The van der Waals surface area contributed by atoms with Crippen molar-refractivity contribution in [1.29, 1.82) is 0 Å². The Hall–Kier alpha value is -8.82. The van der Waals surface area contributed by atoms with E-state index < -0.39 is 8.07 Å². The molecule has 0 unspecified atom stereocenters. The van der Waals surface area contributed by atoms with Crippen molar-refractivity contribution in [3.05, 3.63) is 243 Å². The van der Waals surface area contributed by atoms with E-state index in [1.54, 1.807) is 0 Å². The van der Waals surface area contributed by atoms with E-state index in [2.05, 4.69) is 256 Å². The maximum absolute atomic E-state index is 5.37. The van der Waals surface area contributed by atoms with Crippen molar-refractivity contribution in [2.45, 2.75) is 9.79 Å². The van der Waals surface area contributed by atoms with Crippen LogP contribution in [0.15, 0.2) is 252 Å². The average Bonchev–Trinajstić information content (AvgIpc) is 4.08. The molecule has 0 radical (unpaired) electrons. The van der Waals surface area contributed by atoms with Gasteiger partial charge in [0.2, 0.25) is 11.9 Å². The van der Waals surface area contributed by atoms with Crippen LogP contribution in [0.2, 0.25) is 0 Å². The number of rotatable bonds is 6. The van der Waals surface area contributed by atoms with Gasteiger partial charge in [-0.25, -0.2) is 0 Å². The van der Waals surface area contributed by atoms with Gasteiger partial charge in [0.1, 0.15) is 0 Å². The van der Waals surface area contributed by atoms with Crippen molar-refractivity contribution in [3.8, 4) is 29.0 Å². The van der Waals surface area contributed by atoms with Crippen molar-refractivity contribution in [2.75, 3.05) is 0 Å². The Bertz CT molecular complexity index is 4170. The van der Waals surface area contributed by atoms with Crippen LogP contribution in [-0.2, 0) is 0 Å². The summed E-state index contributed by atoms with van der Waals surface area (Å²) in [5, 5.41) is 12.6. The summed E-state index contributed by atoms with van der Waals surface area (Å²) in [6, 6.07) is 88.4. The Morgan fingerprint density at radius 3 is 1.21 bits per heavy atom. The first-order valence-corrected chi connectivity index (χ1v) is 26.8. The fourth-order valence-corrected chi connectivity index (χ4v) is 18.6. The Kier molecular flexibility index (Phi) is 8.81. The molecule has 0 aliphatic carbocycles. The van der Waals surface area contributed by atoms with Crippen LogP contribution in [0.5, 0.6) is 0 Å². The normalized spacial score (nSPS) is 13.1. The van der Waals surface area contributed by atoms with Crippen molar-refractivity contribution in [3.63, 3.8) is 0 Å². The zero-order valence-corrected chi connectivity index (χ0v) is 40.0. The largest absolute Gasteiger partial charge is 0.309 e. The molecule has 0 atom stereocenters. The predicted molar refractivity (Wildman–Crippen MR) is 296 cm³/mol. The second kappa shape index (κ2) is 15.6. The highest BCUT2D eigenvalue weighted by molar-refractivity contribution is 8.00. The van der Waals surface area contributed by atoms with Crippen molar-refractivity contribution in [2.24, 2.45) is 0 Å². The molecule has 0 saturated heterocycles. The summed E-state index contributed by atoms with van der Waals surface area (Å²) >= 11 is 1.90. The molecule has 4 aromatic heterocycles. The van der Waals surface area contributed by atoms with Crippen LogP contribution in [0.1, 0.15) is 0 Å². The van der Waals surface area contributed by atoms with Crippen LogP contribution in [0.3, 0.4) is 0 Å².